The largest absolute Gasteiger partial charge is 0.444 e. The maximum atomic E-state index is 12.7. The van der Waals surface area contributed by atoms with Gasteiger partial charge >= 0.3 is 6.09 Å². The van der Waals surface area contributed by atoms with E-state index >= 15 is 0 Å². The Balaban J connectivity index is 1.85. The number of aromatic nitrogens is 2. The number of nitrogens with one attached hydrogen (secondary N) is 2. The zero-order valence-electron chi connectivity index (χ0n) is 19.4. The second kappa shape index (κ2) is 11.6. The van der Waals surface area contributed by atoms with Crippen LogP contribution in [0.4, 0.5) is 4.79 Å². The first-order valence-corrected chi connectivity index (χ1v) is 11.2. The Hall–Kier alpha value is -2.68. The van der Waals surface area contributed by atoms with Crippen molar-refractivity contribution in [1.82, 2.24) is 25.5 Å². The summed E-state index contributed by atoms with van der Waals surface area (Å²) < 4.78 is 5.58. The number of rotatable bonds is 8. The lowest BCUT2D eigenvalue weighted by Crippen LogP contribution is -2.40. The van der Waals surface area contributed by atoms with Crippen molar-refractivity contribution >= 4 is 23.4 Å². The molecule has 2 aromatic rings. The van der Waals surface area contributed by atoms with Crippen LogP contribution in [0.3, 0.4) is 0 Å². The highest BCUT2D eigenvalue weighted by Gasteiger charge is 2.22. The third-order valence-corrected chi connectivity index (χ3v) is 5.36. The molecule has 170 valence electrons. The number of hydrogen-bond donors (Lipinski definition) is 2. The Kier molecular flexibility index (Phi) is 9.23. The molecule has 0 radical (unpaired) electrons. The fourth-order valence-electron chi connectivity index (χ4n) is 2.87. The molecule has 0 saturated heterocycles. The van der Waals surface area contributed by atoms with Gasteiger partial charge in [-0.15, -0.1) is 11.3 Å². The van der Waals surface area contributed by atoms with Crippen molar-refractivity contribution in [3.8, 4) is 0 Å². The van der Waals surface area contributed by atoms with Gasteiger partial charge in [0.05, 0.1) is 23.8 Å². The minimum atomic E-state index is -0.540. The molecule has 1 amide bonds. The number of pyridine rings is 1. The summed E-state index contributed by atoms with van der Waals surface area (Å²) in [5, 5.41) is 7.68. The number of hydrogen-bond acceptors (Lipinski definition) is 6. The molecular weight excluding hydrogens is 412 g/mol. The zero-order chi connectivity index (χ0) is 22.9. The Morgan fingerprint density at radius 3 is 2.65 bits per heavy atom. The molecule has 0 aromatic carbocycles. The second-order valence-corrected chi connectivity index (χ2v) is 9.50. The molecule has 2 rings (SSSR count). The van der Waals surface area contributed by atoms with Gasteiger partial charge in [0.15, 0.2) is 5.96 Å². The summed E-state index contributed by atoms with van der Waals surface area (Å²) in [6.07, 6.45) is 3.91. The predicted molar refractivity (Wildman–Crippen MR) is 125 cm³/mol. The molecule has 0 aliphatic heterocycles. The van der Waals surface area contributed by atoms with E-state index in [1.165, 1.54) is 4.88 Å². The minimum Gasteiger partial charge on any atom is -0.444 e. The van der Waals surface area contributed by atoms with Gasteiger partial charge in [0.2, 0.25) is 0 Å². The third kappa shape index (κ3) is 8.92. The Morgan fingerprint density at radius 2 is 2.06 bits per heavy atom. The maximum Gasteiger partial charge on any atom is 0.410 e. The second-order valence-electron chi connectivity index (χ2n) is 8.21. The van der Waals surface area contributed by atoms with Crippen LogP contribution in [-0.4, -0.2) is 52.7 Å². The maximum absolute atomic E-state index is 12.7. The first-order chi connectivity index (χ1) is 14.7. The highest BCUT2D eigenvalue weighted by Crippen LogP contribution is 2.16. The lowest BCUT2D eigenvalue weighted by Gasteiger charge is -2.27. The molecule has 2 heterocycles. The normalized spacial score (nSPS) is 11.9. The number of ether oxygens (including phenoxy) is 1. The van der Waals surface area contributed by atoms with Crippen LogP contribution in [0.15, 0.2) is 29.5 Å². The van der Waals surface area contributed by atoms with E-state index in [2.05, 4.69) is 25.6 Å². The summed E-state index contributed by atoms with van der Waals surface area (Å²) in [5.41, 5.74) is 1.48. The molecule has 0 aliphatic carbocycles. The van der Waals surface area contributed by atoms with E-state index in [9.17, 15) is 4.79 Å². The van der Waals surface area contributed by atoms with E-state index in [0.717, 1.165) is 28.6 Å². The third-order valence-electron chi connectivity index (χ3n) is 4.28. The van der Waals surface area contributed by atoms with E-state index in [0.29, 0.717) is 26.2 Å². The fourth-order valence-corrected chi connectivity index (χ4v) is 3.75. The number of aryl methyl sites for hydroxylation is 2. The van der Waals surface area contributed by atoms with Crippen LogP contribution >= 0.6 is 11.3 Å². The van der Waals surface area contributed by atoms with E-state index in [1.54, 1.807) is 35.7 Å². The molecule has 0 unspecified atom stereocenters. The van der Waals surface area contributed by atoms with Gasteiger partial charge in [-0.1, -0.05) is 6.07 Å². The van der Waals surface area contributed by atoms with Gasteiger partial charge < -0.3 is 20.3 Å². The number of thiazole rings is 1. The van der Waals surface area contributed by atoms with Gasteiger partial charge in [-0.2, -0.15) is 0 Å². The average molecular weight is 447 g/mol. The molecule has 2 N–H and O–H groups in total. The summed E-state index contributed by atoms with van der Waals surface area (Å²) in [6, 6.07) is 3.82. The smallest absolute Gasteiger partial charge is 0.410 e. The van der Waals surface area contributed by atoms with Crippen molar-refractivity contribution in [1.29, 1.82) is 0 Å². The Morgan fingerprint density at radius 1 is 1.29 bits per heavy atom. The topological polar surface area (TPSA) is 91.7 Å². The number of guanidine groups is 1. The standard InChI is InChI=1S/C22H34N6O2S/c1-16-19(31-17(2)27-16)14-26-20(23-6)25-11-8-12-28(21(29)30-22(3,4)5)15-18-9-7-10-24-13-18/h7,9-10,13H,8,11-12,14-15H2,1-6H3,(H2,23,25,26). The van der Waals surface area contributed by atoms with E-state index in [1.807, 2.05) is 46.8 Å². The highest BCUT2D eigenvalue weighted by atomic mass is 32.1. The highest BCUT2D eigenvalue weighted by molar-refractivity contribution is 7.11. The SMILES string of the molecule is CN=C(NCCCN(Cc1cccnc1)C(=O)OC(C)(C)C)NCc1sc(C)nc1C. The van der Waals surface area contributed by atoms with Crippen molar-refractivity contribution in [3.05, 3.63) is 45.7 Å². The van der Waals surface area contributed by atoms with Gasteiger partial charge in [-0.05, 0) is 52.7 Å². The van der Waals surface area contributed by atoms with Crippen molar-refractivity contribution in [3.63, 3.8) is 0 Å². The molecule has 0 fully saturated rings. The molecule has 0 atom stereocenters. The van der Waals surface area contributed by atoms with E-state index < -0.39 is 5.60 Å². The van der Waals surface area contributed by atoms with E-state index in [-0.39, 0.29) is 6.09 Å². The Labute approximate surface area is 189 Å². The summed E-state index contributed by atoms with van der Waals surface area (Å²) in [6.45, 7) is 12.0. The van der Waals surface area contributed by atoms with Crippen molar-refractivity contribution < 1.29 is 9.53 Å². The molecule has 0 spiro atoms. The van der Waals surface area contributed by atoms with Gasteiger partial charge in [-0.3, -0.25) is 9.98 Å². The van der Waals surface area contributed by atoms with Crippen LogP contribution < -0.4 is 10.6 Å². The molecule has 0 bridgehead atoms. The van der Waals surface area contributed by atoms with Gasteiger partial charge in [0, 0.05) is 37.4 Å². The first kappa shape index (κ1) is 24.6. The van der Waals surface area contributed by atoms with E-state index in [4.69, 9.17) is 4.74 Å². The van der Waals surface area contributed by atoms with Crippen molar-refractivity contribution in [2.24, 2.45) is 4.99 Å². The number of amides is 1. The molecule has 2 aromatic heterocycles. The quantitative estimate of drug-likeness (QED) is 0.365. The molecule has 8 nitrogen and oxygen atoms in total. The molecule has 0 aliphatic rings. The van der Waals surface area contributed by atoms with Crippen LogP contribution in [0.5, 0.6) is 0 Å². The van der Waals surface area contributed by atoms with Gasteiger partial charge in [-0.25, -0.2) is 9.78 Å². The van der Waals surface area contributed by atoms with Crippen molar-refractivity contribution in [2.75, 3.05) is 20.1 Å². The first-order valence-electron chi connectivity index (χ1n) is 10.4. The minimum absolute atomic E-state index is 0.324. The monoisotopic (exact) mass is 446 g/mol. The summed E-state index contributed by atoms with van der Waals surface area (Å²) in [7, 11) is 1.75. The Bertz CT molecular complexity index is 861. The van der Waals surface area contributed by atoms with Gasteiger partial charge in [0.1, 0.15) is 5.60 Å². The molecular formula is C22H34N6O2S. The number of carbonyl (C=O) groups excluding carboxylic acids is 1. The van der Waals surface area contributed by atoms with Crippen LogP contribution in [-0.2, 0) is 17.8 Å². The lowest BCUT2D eigenvalue weighted by molar-refractivity contribution is 0.0232. The van der Waals surface area contributed by atoms with Crippen LogP contribution in [0.25, 0.3) is 0 Å². The summed E-state index contributed by atoms with van der Waals surface area (Å²) >= 11 is 1.69. The number of nitrogens with zero attached hydrogens (tertiary/aromatic N) is 4. The number of carbonyl (C=O) groups is 1. The lowest BCUT2D eigenvalue weighted by atomic mass is 10.2. The average Bonchev–Trinajstić information content (AvgIpc) is 3.03. The summed E-state index contributed by atoms with van der Waals surface area (Å²) in [5.74, 6) is 0.724. The van der Waals surface area contributed by atoms with Gasteiger partial charge in [0.25, 0.3) is 0 Å². The van der Waals surface area contributed by atoms with Crippen LogP contribution in [0.1, 0.15) is 48.3 Å². The molecule has 9 heteroatoms. The molecule has 0 saturated carbocycles. The van der Waals surface area contributed by atoms with Crippen LogP contribution in [0, 0.1) is 13.8 Å². The molecule has 31 heavy (non-hydrogen) atoms. The van der Waals surface area contributed by atoms with Crippen molar-refractivity contribution in [2.45, 2.75) is 59.7 Å². The summed E-state index contributed by atoms with van der Waals surface area (Å²) in [4.78, 5) is 28.4. The predicted octanol–water partition coefficient (Wildman–Crippen LogP) is 3.65. The number of aliphatic imine (C=N–C) groups is 1. The van der Waals surface area contributed by atoms with Crippen LogP contribution in [0.2, 0.25) is 0 Å². The zero-order valence-corrected chi connectivity index (χ0v) is 20.2. The fraction of sp³-hybridized carbons (Fsp3) is 0.545.